The van der Waals surface area contributed by atoms with Crippen molar-refractivity contribution in [3.63, 3.8) is 0 Å². The highest BCUT2D eigenvalue weighted by Gasteiger charge is 2.14. The van der Waals surface area contributed by atoms with E-state index in [0.29, 0.717) is 16.0 Å². The van der Waals surface area contributed by atoms with E-state index in [2.05, 4.69) is 20.6 Å². The van der Waals surface area contributed by atoms with E-state index in [1.165, 1.54) is 12.3 Å². The van der Waals surface area contributed by atoms with E-state index >= 15 is 0 Å². The van der Waals surface area contributed by atoms with Gasteiger partial charge in [-0.25, -0.2) is 13.8 Å². The summed E-state index contributed by atoms with van der Waals surface area (Å²) < 4.78 is 27.1. The number of nitrogens with zero attached hydrogens (tertiary/aromatic N) is 2. The van der Waals surface area contributed by atoms with Gasteiger partial charge in [0.1, 0.15) is 0 Å². The smallest absolute Gasteiger partial charge is 0.257 e. The van der Waals surface area contributed by atoms with Crippen LogP contribution in [0.25, 0.3) is 10.2 Å². The summed E-state index contributed by atoms with van der Waals surface area (Å²) in [5.74, 6) is -2.80. The van der Waals surface area contributed by atoms with Crippen LogP contribution in [0.15, 0.2) is 60.9 Å². The molecule has 0 fully saturated rings. The fraction of sp³-hybridized carbons (Fsp3) is 0. The van der Waals surface area contributed by atoms with Gasteiger partial charge in [0, 0.05) is 29.7 Å². The lowest BCUT2D eigenvalue weighted by molar-refractivity contribution is 0.101. The topological polar surface area (TPSA) is 84.0 Å². The van der Waals surface area contributed by atoms with Crippen molar-refractivity contribution in [1.82, 2.24) is 9.97 Å². The fourth-order valence-electron chi connectivity index (χ4n) is 2.58. The highest BCUT2D eigenvalue weighted by Crippen LogP contribution is 2.28. The molecular weight excluding hydrogens is 398 g/mol. The lowest BCUT2D eigenvalue weighted by Crippen LogP contribution is -2.14. The third-order valence-electron chi connectivity index (χ3n) is 3.96. The minimum atomic E-state index is -1.00. The van der Waals surface area contributed by atoms with Crippen LogP contribution in [0, 0.1) is 11.6 Å². The lowest BCUT2D eigenvalue weighted by Gasteiger charge is -2.07. The van der Waals surface area contributed by atoms with Gasteiger partial charge in [0.15, 0.2) is 16.8 Å². The van der Waals surface area contributed by atoms with Crippen molar-refractivity contribution in [2.24, 2.45) is 0 Å². The zero-order valence-electron chi connectivity index (χ0n) is 14.6. The number of nitrogens with one attached hydrogen (secondary N) is 2. The van der Waals surface area contributed by atoms with Crippen molar-refractivity contribution in [3.05, 3.63) is 83.7 Å². The van der Waals surface area contributed by atoms with Gasteiger partial charge in [-0.1, -0.05) is 17.4 Å². The van der Waals surface area contributed by atoms with Crippen LogP contribution in [0.3, 0.4) is 0 Å². The number of aromatic nitrogens is 2. The maximum absolute atomic E-state index is 13.3. The van der Waals surface area contributed by atoms with Gasteiger partial charge in [0.25, 0.3) is 11.8 Å². The summed E-state index contributed by atoms with van der Waals surface area (Å²) in [6.45, 7) is 0. The average molecular weight is 410 g/mol. The highest BCUT2D eigenvalue weighted by atomic mass is 32.1. The Kier molecular flexibility index (Phi) is 4.96. The fourth-order valence-corrected chi connectivity index (χ4v) is 3.45. The molecule has 4 rings (SSSR count). The van der Waals surface area contributed by atoms with Crippen molar-refractivity contribution < 1.29 is 18.4 Å². The summed E-state index contributed by atoms with van der Waals surface area (Å²) in [6.07, 6.45) is 3.00. The molecule has 0 saturated carbocycles. The van der Waals surface area contributed by atoms with Crippen LogP contribution < -0.4 is 10.6 Å². The molecule has 2 aromatic heterocycles. The van der Waals surface area contributed by atoms with Crippen molar-refractivity contribution in [1.29, 1.82) is 0 Å². The molecule has 2 aromatic carbocycles. The third-order valence-corrected chi connectivity index (χ3v) is 4.89. The second kappa shape index (κ2) is 7.72. The number of pyridine rings is 1. The summed E-state index contributed by atoms with van der Waals surface area (Å²) in [5.41, 5.74) is 1.35. The Bertz CT molecular complexity index is 1190. The zero-order chi connectivity index (χ0) is 20.4. The molecule has 0 saturated heterocycles. The first-order valence-corrected chi connectivity index (χ1v) is 9.19. The van der Waals surface area contributed by atoms with E-state index in [1.54, 1.807) is 36.5 Å². The molecule has 6 nitrogen and oxygen atoms in total. The number of carbonyl (C=O) groups is 2. The largest absolute Gasteiger partial charge is 0.322 e. The van der Waals surface area contributed by atoms with Crippen LogP contribution in [0.5, 0.6) is 0 Å². The number of anilines is 2. The first-order chi connectivity index (χ1) is 14.0. The van der Waals surface area contributed by atoms with Crippen LogP contribution in [-0.2, 0) is 0 Å². The van der Waals surface area contributed by atoms with E-state index in [4.69, 9.17) is 0 Å². The molecular formula is C20H12F2N4O2S. The molecule has 0 spiro atoms. The third kappa shape index (κ3) is 4.09. The van der Waals surface area contributed by atoms with Crippen molar-refractivity contribution in [2.75, 3.05) is 10.6 Å². The molecule has 9 heteroatoms. The number of rotatable bonds is 4. The number of hydrogen-bond acceptors (Lipinski definition) is 5. The van der Waals surface area contributed by atoms with Gasteiger partial charge in [0.05, 0.1) is 15.8 Å². The first-order valence-electron chi connectivity index (χ1n) is 8.38. The summed E-state index contributed by atoms with van der Waals surface area (Å²) >= 11 is 1.03. The van der Waals surface area contributed by atoms with E-state index in [1.807, 2.05) is 0 Å². The Morgan fingerprint density at radius 2 is 1.66 bits per heavy atom. The molecule has 0 atom stereocenters. The minimum absolute atomic E-state index is 0.208. The molecule has 2 heterocycles. The molecule has 4 aromatic rings. The van der Waals surface area contributed by atoms with Crippen molar-refractivity contribution in [3.8, 4) is 0 Å². The SMILES string of the molecule is O=C(Nc1cccc(C(=O)Nc2nc3cc(F)c(F)cc3s2)c1)c1cccnc1. The van der Waals surface area contributed by atoms with Crippen LogP contribution in [0.4, 0.5) is 19.6 Å². The molecule has 0 aliphatic rings. The summed E-state index contributed by atoms with van der Waals surface area (Å²) in [7, 11) is 0. The molecule has 0 bridgehead atoms. The Morgan fingerprint density at radius 3 is 2.45 bits per heavy atom. The van der Waals surface area contributed by atoms with Gasteiger partial charge >= 0.3 is 0 Å². The van der Waals surface area contributed by atoms with Gasteiger partial charge in [0.2, 0.25) is 0 Å². The van der Waals surface area contributed by atoms with Gasteiger partial charge in [-0.15, -0.1) is 0 Å². The Morgan fingerprint density at radius 1 is 0.897 bits per heavy atom. The molecule has 0 aliphatic carbocycles. The van der Waals surface area contributed by atoms with Crippen molar-refractivity contribution in [2.45, 2.75) is 0 Å². The summed E-state index contributed by atoms with van der Waals surface area (Å²) in [5, 5.41) is 5.50. The first kappa shape index (κ1) is 18.6. The summed E-state index contributed by atoms with van der Waals surface area (Å²) in [4.78, 5) is 32.7. The second-order valence-corrected chi connectivity index (χ2v) is 7.01. The number of thiazole rings is 1. The Balaban J connectivity index is 1.50. The molecule has 2 amide bonds. The van der Waals surface area contributed by atoms with Gasteiger partial charge in [-0.05, 0) is 36.4 Å². The quantitative estimate of drug-likeness (QED) is 0.520. The number of benzene rings is 2. The Labute approximate surface area is 167 Å². The zero-order valence-corrected chi connectivity index (χ0v) is 15.5. The highest BCUT2D eigenvalue weighted by molar-refractivity contribution is 7.22. The predicted molar refractivity (Wildman–Crippen MR) is 106 cm³/mol. The summed E-state index contributed by atoms with van der Waals surface area (Å²) in [6, 6.07) is 11.6. The predicted octanol–water partition coefficient (Wildman–Crippen LogP) is 4.47. The lowest BCUT2D eigenvalue weighted by atomic mass is 10.2. The maximum atomic E-state index is 13.3. The minimum Gasteiger partial charge on any atom is -0.322 e. The molecule has 0 aliphatic heterocycles. The van der Waals surface area contributed by atoms with Crippen LogP contribution in [-0.4, -0.2) is 21.8 Å². The molecule has 2 N–H and O–H groups in total. The number of carbonyl (C=O) groups excluding carboxylic acids is 2. The number of hydrogen-bond donors (Lipinski definition) is 2. The van der Waals surface area contributed by atoms with Crippen LogP contribution in [0.2, 0.25) is 0 Å². The number of halogens is 2. The second-order valence-electron chi connectivity index (χ2n) is 5.98. The van der Waals surface area contributed by atoms with Gasteiger partial charge in [-0.2, -0.15) is 0 Å². The van der Waals surface area contributed by atoms with E-state index in [0.717, 1.165) is 23.5 Å². The Hall–Kier alpha value is -3.72. The van der Waals surface area contributed by atoms with Gasteiger partial charge < -0.3 is 5.32 Å². The van der Waals surface area contributed by atoms with Crippen LogP contribution >= 0.6 is 11.3 Å². The standard InChI is InChI=1S/C20H12F2N4O2S/c21-14-8-16-17(9-15(14)22)29-20(25-16)26-18(27)11-3-1-5-13(7-11)24-19(28)12-4-2-6-23-10-12/h1-10H,(H,24,28)(H,25,26,27). The average Bonchev–Trinajstić information content (AvgIpc) is 3.10. The maximum Gasteiger partial charge on any atom is 0.257 e. The molecule has 0 unspecified atom stereocenters. The molecule has 29 heavy (non-hydrogen) atoms. The monoisotopic (exact) mass is 410 g/mol. The van der Waals surface area contributed by atoms with E-state index in [-0.39, 0.29) is 22.1 Å². The van der Waals surface area contributed by atoms with Crippen LogP contribution in [0.1, 0.15) is 20.7 Å². The molecule has 0 radical (unpaired) electrons. The molecule has 144 valence electrons. The van der Waals surface area contributed by atoms with Gasteiger partial charge in [-0.3, -0.25) is 19.9 Å². The number of fused-ring (bicyclic) bond motifs is 1. The number of amides is 2. The normalized spacial score (nSPS) is 10.7. The van der Waals surface area contributed by atoms with E-state index in [9.17, 15) is 18.4 Å². The van der Waals surface area contributed by atoms with E-state index < -0.39 is 17.5 Å². The van der Waals surface area contributed by atoms with Crippen molar-refractivity contribution >= 4 is 44.2 Å².